The van der Waals surface area contributed by atoms with Gasteiger partial charge < -0.3 is 5.32 Å². The Morgan fingerprint density at radius 3 is 2.43 bits per heavy atom. The highest BCUT2D eigenvalue weighted by Crippen LogP contribution is 2.35. The molecule has 0 saturated heterocycles. The molecule has 28 heavy (non-hydrogen) atoms. The summed E-state index contributed by atoms with van der Waals surface area (Å²) in [5.41, 5.74) is 0.811. The lowest BCUT2D eigenvalue weighted by atomic mass is 10.3. The lowest BCUT2D eigenvalue weighted by Crippen LogP contribution is -2.08. The van der Waals surface area contributed by atoms with Crippen molar-refractivity contribution >= 4 is 47.6 Å². The van der Waals surface area contributed by atoms with Gasteiger partial charge in [0, 0.05) is 24.0 Å². The van der Waals surface area contributed by atoms with Crippen molar-refractivity contribution in [2.45, 2.75) is 27.7 Å². The third kappa shape index (κ3) is 4.35. The van der Waals surface area contributed by atoms with Crippen LogP contribution < -0.4 is 5.32 Å². The zero-order valence-electron chi connectivity index (χ0n) is 14.7. The molecule has 11 heteroatoms. The smallest absolute Gasteiger partial charge is 0.226 e. The molecule has 0 spiro atoms. The first-order valence-electron chi connectivity index (χ1n) is 8.11. The number of hydrogen-bond donors (Lipinski definition) is 1. The summed E-state index contributed by atoms with van der Waals surface area (Å²) in [6, 6.07) is 9.19. The maximum atomic E-state index is 13.1. The number of pyridine rings is 1. The molecule has 0 aliphatic carbocycles. The van der Waals surface area contributed by atoms with Gasteiger partial charge in [0.15, 0.2) is 5.03 Å². The van der Waals surface area contributed by atoms with Gasteiger partial charge in [-0.25, -0.2) is 21.8 Å². The summed E-state index contributed by atoms with van der Waals surface area (Å²) < 4.78 is 50.4. The van der Waals surface area contributed by atoms with Gasteiger partial charge in [-0.3, -0.25) is 4.98 Å². The van der Waals surface area contributed by atoms with Gasteiger partial charge in [0.2, 0.25) is 24.0 Å². The quantitative estimate of drug-likeness (QED) is 0.579. The molecular weight excluding hydrogens is 442 g/mol. The van der Waals surface area contributed by atoms with E-state index in [4.69, 9.17) is 11.6 Å². The summed E-state index contributed by atoms with van der Waals surface area (Å²) in [4.78, 5) is 7.95. The topological polar surface area (TPSA) is 106 Å². The molecule has 0 fully saturated rings. The highest BCUT2D eigenvalue weighted by molar-refractivity contribution is 7.94. The number of halogens is 1. The van der Waals surface area contributed by atoms with E-state index in [1.165, 1.54) is 31.2 Å². The summed E-state index contributed by atoms with van der Waals surface area (Å²) in [6.07, 6.45) is 3.25. The Labute approximate surface area is 172 Å². The Morgan fingerprint density at radius 1 is 1.11 bits per heavy atom. The zero-order chi connectivity index (χ0) is 20.4. The van der Waals surface area contributed by atoms with Gasteiger partial charge in [0.25, 0.3) is 0 Å². The summed E-state index contributed by atoms with van der Waals surface area (Å²) in [5, 5.41) is 3.20. The average Bonchev–Trinajstić information content (AvgIpc) is 3.13. The fourth-order valence-electron chi connectivity index (χ4n) is 2.25. The minimum Gasteiger partial charge on any atom is -0.370 e. The van der Waals surface area contributed by atoms with Crippen molar-refractivity contribution in [3.05, 3.63) is 59.4 Å². The van der Waals surface area contributed by atoms with Crippen LogP contribution in [0, 0.1) is 0 Å². The molecule has 148 valence electrons. The van der Waals surface area contributed by atoms with Crippen molar-refractivity contribution in [3.8, 4) is 0 Å². The number of thiazole rings is 1. The van der Waals surface area contributed by atoms with Crippen molar-refractivity contribution in [1.82, 2.24) is 9.97 Å². The van der Waals surface area contributed by atoms with Crippen molar-refractivity contribution in [3.63, 3.8) is 0 Å². The van der Waals surface area contributed by atoms with Gasteiger partial charge >= 0.3 is 0 Å². The second-order valence-corrected chi connectivity index (χ2v) is 11.4. The van der Waals surface area contributed by atoms with Gasteiger partial charge in [-0.2, -0.15) is 0 Å². The lowest BCUT2D eigenvalue weighted by Gasteiger charge is -2.07. The Bertz CT molecular complexity index is 1180. The maximum Gasteiger partial charge on any atom is 0.226 e. The van der Waals surface area contributed by atoms with Crippen LogP contribution in [0.15, 0.2) is 63.1 Å². The summed E-state index contributed by atoms with van der Waals surface area (Å²) in [5.74, 6) is -0.178. The Morgan fingerprint density at radius 2 is 1.82 bits per heavy atom. The van der Waals surface area contributed by atoms with E-state index in [2.05, 4.69) is 15.3 Å². The molecule has 3 rings (SSSR count). The fourth-order valence-corrected chi connectivity index (χ4v) is 6.37. The number of aromatic nitrogens is 2. The molecule has 1 aromatic carbocycles. The Balaban J connectivity index is 2.06. The van der Waals surface area contributed by atoms with Crippen molar-refractivity contribution < 1.29 is 16.8 Å². The van der Waals surface area contributed by atoms with Crippen LogP contribution in [0.1, 0.15) is 12.5 Å². The number of benzene rings is 1. The monoisotopic (exact) mass is 457 g/mol. The molecule has 0 aliphatic rings. The van der Waals surface area contributed by atoms with Gasteiger partial charge in [-0.1, -0.05) is 35.9 Å². The molecule has 2 aromatic heterocycles. The molecule has 0 bridgehead atoms. The maximum absolute atomic E-state index is 13.1. The third-order valence-electron chi connectivity index (χ3n) is 3.78. The Kier molecular flexibility index (Phi) is 6.04. The summed E-state index contributed by atoms with van der Waals surface area (Å²) in [7, 11) is -7.70. The third-order valence-corrected chi connectivity index (χ3v) is 9.06. The van der Waals surface area contributed by atoms with Crippen LogP contribution in [-0.2, 0) is 26.2 Å². The van der Waals surface area contributed by atoms with Crippen LogP contribution in [0.4, 0.5) is 5.00 Å². The second-order valence-electron chi connectivity index (χ2n) is 5.69. The van der Waals surface area contributed by atoms with Crippen LogP contribution in [0.5, 0.6) is 0 Å². The number of hydrogen-bond acceptors (Lipinski definition) is 8. The average molecular weight is 458 g/mol. The predicted octanol–water partition coefficient (Wildman–Crippen LogP) is 3.43. The minimum atomic E-state index is -4.04. The highest BCUT2D eigenvalue weighted by atomic mass is 35.5. The molecule has 2 heterocycles. The predicted molar refractivity (Wildman–Crippen MR) is 108 cm³/mol. The van der Waals surface area contributed by atoms with Crippen molar-refractivity contribution in [1.29, 1.82) is 0 Å². The molecule has 3 aromatic rings. The van der Waals surface area contributed by atoms with Crippen LogP contribution in [0.25, 0.3) is 0 Å². The Hall–Kier alpha value is -2.01. The molecule has 7 nitrogen and oxygen atoms in total. The van der Waals surface area contributed by atoms with Gasteiger partial charge in [-0.05, 0) is 35.9 Å². The highest BCUT2D eigenvalue weighted by Gasteiger charge is 2.30. The number of rotatable bonds is 7. The van der Waals surface area contributed by atoms with Crippen LogP contribution >= 0.6 is 22.9 Å². The van der Waals surface area contributed by atoms with E-state index in [0.717, 1.165) is 16.9 Å². The number of nitrogens with zero attached hydrogens (tertiary/aromatic N) is 2. The molecule has 1 N–H and O–H groups in total. The van der Waals surface area contributed by atoms with Crippen molar-refractivity contribution in [2.24, 2.45) is 0 Å². The fraction of sp³-hybridized carbons (Fsp3) is 0.176. The SMILES string of the molecule is CCS(=O)(=O)c1nc(S(=O)(=O)c2ccc(Cl)cc2)c(NCc2cccnc2)s1. The van der Waals surface area contributed by atoms with Crippen LogP contribution in [0.3, 0.4) is 0 Å². The summed E-state index contributed by atoms with van der Waals surface area (Å²) in [6.45, 7) is 1.75. The van der Waals surface area contributed by atoms with Gasteiger partial charge in [0.1, 0.15) is 5.00 Å². The standard InChI is InChI=1S/C17H16ClN3O4S3/c1-2-27(22,23)17-21-16(28(24,25)14-7-5-13(18)6-8-14)15(26-17)20-11-12-4-3-9-19-10-12/h3-10,20H,2,11H2,1H3. The molecule has 0 saturated carbocycles. The number of nitrogens with one attached hydrogen (secondary N) is 1. The van der Waals surface area contributed by atoms with E-state index in [1.807, 2.05) is 6.07 Å². The van der Waals surface area contributed by atoms with E-state index in [-0.39, 0.29) is 31.6 Å². The van der Waals surface area contributed by atoms with E-state index in [9.17, 15) is 16.8 Å². The number of sulfone groups is 2. The largest absolute Gasteiger partial charge is 0.370 e. The van der Waals surface area contributed by atoms with E-state index >= 15 is 0 Å². The van der Waals surface area contributed by atoms with E-state index in [1.54, 1.807) is 18.5 Å². The van der Waals surface area contributed by atoms with E-state index in [0.29, 0.717) is 5.02 Å². The molecule has 0 amide bonds. The van der Waals surface area contributed by atoms with E-state index < -0.39 is 19.7 Å². The molecule has 0 radical (unpaired) electrons. The first-order valence-corrected chi connectivity index (χ1v) is 12.4. The normalized spacial score (nSPS) is 12.1. The second kappa shape index (κ2) is 8.16. The zero-order valence-corrected chi connectivity index (χ0v) is 17.9. The van der Waals surface area contributed by atoms with Crippen LogP contribution in [0.2, 0.25) is 5.02 Å². The first kappa shape index (κ1) is 20.7. The summed E-state index contributed by atoms with van der Waals surface area (Å²) >= 11 is 6.63. The minimum absolute atomic E-state index is 0.0212. The number of anilines is 1. The lowest BCUT2D eigenvalue weighted by molar-refractivity contribution is 0.590. The van der Waals surface area contributed by atoms with Crippen molar-refractivity contribution in [2.75, 3.05) is 11.1 Å². The van der Waals surface area contributed by atoms with Gasteiger partial charge in [-0.15, -0.1) is 0 Å². The van der Waals surface area contributed by atoms with Gasteiger partial charge in [0.05, 0.1) is 10.6 Å². The molecular formula is C17H16ClN3O4S3. The first-order chi connectivity index (χ1) is 13.2. The van der Waals surface area contributed by atoms with Crippen LogP contribution in [-0.4, -0.2) is 32.6 Å². The molecule has 0 aliphatic heterocycles. The molecule has 0 atom stereocenters. The molecule has 0 unspecified atom stereocenters.